The van der Waals surface area contributed by atoms with E-state index < -0.39 is 0 Å². The topological polar surface area (TPSA) is 92.2 Å². The number of hydrogen-bond donors (Lipinski definition) is 0. The summed E-state index contributed by atoms with van der Waals surface area (Å²) in [6, 6.07) is 19.3. The minimum Gasteiger partial charge on any atom is -0.872 e. The summed E-state index contributed by atoms with van der Waals surface area (Å²) in [6.07, 6.45) is 0. The van der Waals surface area contributed by atoms with Gasteiger partial charge in [-0.25, -0.2) is 0 Å². The molecule has 0 bridgehead atoms. The fourth-order valence-corrected chi connectivity index (χ4v) is 2.55. The molecule has 0 atom stereocenters. The monoisotopic (exact) mass is 456 g/mol. The van der Waals surface area contributed by atoms with Crippen molar-refractivity contribution in [3.05, 3.63) is 72.8 Å². The van der Waals surface area contributed by atoms with Gasteiger partial charge in [-0.05, 0) is 21.5 Å². The summed E-state index contributed by atoms with van der Waals surface area (Å²) in [5, 5.41) is 46.8. The molecular formula is C20H12CeO4. The van der Waals surface area contributed by atoms with Crippen LogP contribution in [0.3, 0.4) is 0 Å². The van der Waals surface area contributed by atoms with E-state index >= 15 is 0 Å². The molecule has 0 saturated heterocycles. The van der Waals surface area contributed by atoms with Crippen molar-refractivity contribution < 1.29 is 62.2 Å². The molecule has 0 aromatic heterocycles. The van der Waals surface area contributed by atoms with Gasteiger partial charge in [-0.15, -0.1) is 23.0 Å². The maximum absolute atomic E-state index is 11.2. The third-order valence-corrected chi connectivity index (χ3v) is 3.66. The van der Waals surface area contributed by atoms with Crippen LogP contribution in [0.5, 0.6) is 23.0 Å². The quantitative estimate of drug-likeness (QED) is 0.405. The largest absolute Gasteiger partial charge is 4.00 e. The average molecular weight is 456 g/mol. The molecule has 0 N–H and O–H groups in total. The van der Waals surface area contributed by atoms with Gasteiger partial charge in [-0.1, -0.05) is 72.8 Å². The summed E-state index contributed by atoms with van der Waals surface area (Å²) in [4.78, 5) is 0. The third-order valence-electron chi connectivity index (χ3n) is 3.66. The minimum atomic E-state index is -0.196. The predicted octanol–water partition coefficient (Wildman–Crippen LogP) is 1.97. The first kappa shape index (κ1) is 19.3. The second kappa shape index (κ2) is 8.38. The molecule has 0 aliphatic rings. The maximum Gasteiger partial charge on any atom is 4.00 e. The van der Waals surface area contributed by atoms with Gasteiger partial charge < -0.3 is 20.4 Å². The fraction of sp³-hybridized carbons (Fsp3) is 0. The van der Waals surface area contributed by atoms with E-state index in [1.54, 1.807) is 48.5 Å². The van der Waals surface area contributed by atoms with E-state index in [2.05, 4.69) is 0 Å². The zero-order valence-electron chi connectivity index (χ0n) is 13.1. The predicted molar refractivity (Wildman–Crippen MR) is 85.7 cm³/mol. The van der Waals surface area contributed by atoms with Crippen LogP contribution in [0, 0.1) is 41.7 Å². The Kier molecular flexibility index (Phi) is 6.47. The Hall–Kier alpha value is -2.02. The van der Waals surface area contributed by atoms with Gasteiger partial charge in [0.15, 0.2) is 0 Å². The number of fused-ring (bicyclic) bond motifs is 2. The van der Waals surface area contributed by atoms with Crippen molar-refractivity contribution in [2.24, 2.45) is 0 Å². The molecular weight excluding hydrogens is 444 g/mol. The van der Waals surface area contributed by atoms with Crippen LogP contribution < -0.4 is 20.4 Å². The summed E-state index contributed by atoms with van der Waals surface area (Å²) in [7, 11) is 0. The van der Waals surface area contributed by atoms with E-state index in [9.17, 15) is 20.4 Å². The first-order chi connectivity index (χ1) is 11.6. The summed E-state index contributed by atoms with van der Waals surface area (Å²) in [5.74, 6) is -0.785. The van der Waals surface area contributed by atoms with Crippen molar-refractivity contribution in [3.63, 3.8) is 0 Å². The third kappa shape index (κ3) is 4.15. The van der Waals surface area contributed by atoms with Gasteiger partial charge in [0.05, 0.1) is 0 Å². The Morgan fingerprint density at radius 2 is 0.640 bits per heavy atom. The molecule has 0 unspecified atom stereocenters. The molecule has 4 nitrogen and oxygen atoms in total. The van der Waals surface area contributed by atoms with Crippen LogP contribution in [0.4, 0.5) is 0 Å². The molecule has 0 saturated carbocycles. The number of hydrogen-bond acceptors (Lipinski definition) is 4. The molecule has 4 aromatic rings. The summed E-state index contributed by atoms with van der Waals surface area (Å²) in [6.45, 7) is 0. The average Bonchev–Trinajstić information content (AvgIpc) is 2.56. The fourth-order valence-electron chi connectivity index (χ4n) is 2.55. The first-order valence-corrected chi connectivity index (χ1v) is 7.29. The standard InChI is InChI=1S/2C10H8O2.Ce/c2*11-8-5-1-3-7-4-2-6-9(12)10(7)8;/h2*1-6,11-12H;/q;;+4/p-4. The second-order valence-corrected chi connectivity index (χ2v) is 5.22. The molecule has 0 fully saturated rings. The van der Waals surface area contributed by atoms with Crippen molar-refractivity contribution in [2.75, 3.05) is 0 Å². The van der Waals surface area contributed by atoms with Crippen molar-refractivity contribution in [1.29, 1.82) is 0 Å². The molecule has 0 aliphatic carbocycles. The Morgan fingerprint density at radius 1 is 0.400 bits per heavy atom. The van der Waals surface area contributed by atoms with Crippen molar-refractivity contribution >= 4 is 21.5 Å². The van der Waals surface area contributed by atoms with Crippen molar-refractivity contribution in [2.45, 2.75) is 0 Å². The zero-order valence-corrected chi connectivity index (χ0v) is 16.2. The van der Waals surface area contributed by atoms with Crippen LogP contribution in [0.25, 0.3) is 21.5 Å². The van der Waals surface area contributed by atoms with Crippen LogP contribution in [0.15, 0.2) is 72.8 Å². The van der Waals surface area contributed by atoms with E-state index in [1.165, 1.54) is 24.3 Å². The van der Waals surface area contributed by atoms with Gasteiger partial charge in [0.2, 0.25) is 0 Å². The van der Waals surface area contributed by atoms with Crippen LogP contribution in [0.1, 0.15) is 0 Å². The molecule has 0 radical (unpaired) electrons. The van der Waals surface area contributed by atoms with Crippen LogP contribution in [-0.4, -0.2) is 0 Å². The molecule has 0 heterocycles. The second-order valence-electron chi connectivity index (χ2n) is 5.22. The summed E-state index contributed by atoms with van der Waals surface area (Å²) in [5.41, 5.74) is 0. The smallest absolute Gasteiger partial charge is 0.872 e. The van der Waals surface area contributed by atoms with Gasteiger partial charge in [-0.3, -0.25) is 0 Å². The minimum absolute atomic E-state index is 0. The Labute approximate surface area is 178 Å². The Balaban J connectivity index is 0.000000173. The zero-order chi connectivity index (χ0) is 17.1. The van der Waals surface area contributed by atoms with Crippen LogP contribution >= 0.6 is 0 Å². The Bertz CT molecular complexity index is 858. The van der Waals surface area contributed by atoms with Crippen molar-refractivity contribution in [1.82, 2.24) is 0 Å². The van der Waals surface area contributed by atoms with E-state index in [0.717, 1.165) is 10.8 Å². The first-order valence-electron chi connectivity index (χ1n) is 7.29. The number of rotatable bonds is 0. The molecule has 120 valence electrons. The van der Waals surface area contributed by atoms with Gasteiger partial charge in [-0.2, -0.15) is 0 Å². The summed E-state index contributed by atoms with van der Waals surface area (Å²) < 4.78 is 0. The number of benzene rings is 4. The van der Waals surface area contributed by atoms with Gasteiger partial charge >= 0.3 is 41.7 Å². The normalized spacial score (nSPS) is 9.92. The molecule has 4 aromatic carbocycles. The van der Waals surface area contributed by atoms with Crippen LogP contribution in [0.2, 0.25) is 0 Å². The Morgan fingerprint density at radius 3 is 0.840 bits per heavy atom. The molecule has 0 amide bonds. The van der Waals surface area contributed by atoms with Gasteiger partial charge in [0.25, 0.3) is 0 Å². The van der Waals surface area contributed by atoms with Gasteiger partial charge in [0, 0.05) is 0 Å². The summed E-state index contributed by atoms with van der Waals surface area (Å²) >= 11 is 0. The maximum atomic E-state index is 11.2. The van der Waals surface area contributed by atoms with Crippen LogP contribution in [-0.2, 0) is 0 Å². The molecule has 5 heteroatoms. The molecule has 25 heavy (non-hydrogen) atoms. The molecule has 0 aliphatic heterocycles. The molecule has 4 rings (SSSR count). The van der Waals surface area contributed by atoms with E-state index in [4.69, 9.17) is 0 Å². The molecule has 0 spiro atoms. The van der Waals surface area contributed by atoms with Crippen molar-refractivity contribution in [3.8, 4) is 23.0 Å². The van der Waals surface area contributed by atoms with E-state index in [0.29, 0.717) is 10.8 Å². The van der Waals surface area contributed by atoms with E-state index in [-0.39, 0.29) is 64.7 Å². The van der Waals surface area contributed by atoms with E-state index in [1.807, 2.05) is 0 Å². The SMILES string of the molecule is [Ce+4].[O-]c1cccc2cccc([O-])c12.[O-]c1cccc2cccc([O-])c12. The van der Waals surface area contributed by atoms with Gasteiger partial charge in [0.1, 0.15) is 0 Å².